The van der Waals surface area contributed by atoms with E-state index in [9.17, 15) is 5.11 Å². The summed E-state index contributed by atoms with van der Waals surface area (Å²) in [6.45, 7) is 3.08. The Morgan fingerprint density at radius 3 is 2.81 bits per heavy atom. The van der Waals surface area contributed by atoms with Gasteiger partial charge in [-0.15, -0.1) is 0 Å². The van der Waals surface area contributed by atoms with Crippen molar-refractivity contribution in [2.24, 2.45) is 5.92 Å². The zero-order chi connectivity index (χ0) is 11.4. The van der Waals surface area contributed by atoms with E-state index < -0.39 is 0 Å². The van der Waals surface area contributed by atoms with Crippen molar-refractivity contribution in [1.82, 2.24) is 4.90 Å². The Balaban J connectivity index is 1.79. The normalized spacial score (nSPS) is 18.6. The number of aromatic hydroxyl groups is 1. The molecule has 0 saturated carbocycles. The maximum absolute atomic E-state index is 9.30. The average molecular weight is 221 g/mol. The van der Waals surface area contributed by atoms with E-state index in [2.05, 4.69) is 11.9 Å². The van der Waals surface area contributed by atoms with Crippen LogP contribution in [0, 0.1) is 5.92 Å². The third-order valence-corrected chi connectivity index (χ3v) is 3.14. The van der Waals surface area contributed by atoms with Crippen molar-refractivity contribution in [3.05, 3.63) is 24.3 Å². The molecule has 2 rings (SSSR count). The summed E-state index contributed by atoms with van der Waals surface area (Å²) in [5, 5.41) is 9.30. The van der Waals surface area contributed by atoms with E-state index in [1.54, 1.807) is 18.2 Å². The van der Waals surface area contributed by atoms with E-state index in [0.717, 1.165) is 25.4 Å². The fourth-order valence-electron chi connectivity index (χ4n) is 2.02. The molecule has 3 heteroatoms. The van der Waals surface area contributed by atoms with Gasteiger partial charge in [-0.3, -0.25) is 0 Å². The zero-order valence-electron chi connectivity index (χ0n) is 9.72. The molecule has 0 atom stereocenters. The molecule has 0 spiro atoms. The Hall–Kier alpha value is -1.22. The van der Waals surface area contributed by atoms with Gasteiger partial charge in [0.25, 0.3) is 0 Å². The van der Waals surface area contributed by atoms with Crippen LogP contribution in [0.15, 0.2) is 24.3 Å². The van der Waals surface area contributed by atoms with Crippen LogP contribution in [0.1, 0.15) is 12.8 Å². The van der Waals surface area contributed by atoms with Crippen molar-refractivity contribution >= 4 is 0 Å². The molecule has 0 aromatic heterocycles. The van der Waals surface area contributed by atoms with E-state index in [-0.39, 0.29) is 5.75 Å². The first-order chi connectivity index (χ1) is 7.74. The smallest absolute Gasteiger partial charge is 0.122 e. The lowest BCUT2D eigenvalue weighted by atomic mass is 9.98. The minimum atomic E-state index is 0.265. The molecule has 1 saturated heterocycles. The number of piperidine rings is 1. The van der Waals surface area contributed by atoms with Crippen LogP contribution in [0.25, 0.3) is 0 Å². The van der Waals surface area contributed by atoms with Gasteiger partial charge in [0, 0.05) is 6.07 Å². The van der Waals surface area contributed by atoms with Gasteiger partial charge in [-0.25, -0.2) is 0 Å². The molecule has 88 valence electrons. The number of likely N-dealkylation sites (tertiary alicyclic amines) is 1. The van der Waals surface area contributed by atoms with Crippen LogP contribution in [0.3, 0.4) is 0 Å². The molecule has 16 heavy (non-hydrogen) atoms. The molecule has 1 heterocycles. The Bertz CT molecular complexity index is 332. The predicted molar refractivity (Wildman–Crippen MR) is 63.8 cm³/mol. The molecule has 1 aliphatic heterocycles. The second kappa shape index (κ2) is 5.21. The van der Waals surface area contributed by atoms with Crippen molar-refractivity contribution in [3.8, 4) is 11.5 Å². The molecule has 1 fully saturated rings. The minimum Gasteiger partial charge on any atom is -0.508 e. The van der Waals surface area contributed by atoms with Crippen LogP contribution in [0.4, 0.5) is 0 Å². The Kier molecular flexibility index (Phi) is 3.67. The molecular formula is C13H19NO2. The van der Waals surface area contributed by atoms with Crippen molar-refractivity contribution < 1.29 is 9.84 Å². The summed E-state index contributed by atoms with van der Waals surface area (Å²) in [6.07, 6.45) is 2.41. The number of phenolic OH excluding ortho intramolecular Hbond substituents is 1. The number of rotatable bonds is 3. The van der Waals surface area contributed by atoms with Crippen LogP contribution in [0.5, 0.6) is 11.5 Å². The highest BCUT2D eigenvalue weighted by Gasteiger charge is 2.16. The van der Waals surface area contributed by atoms with E-state index in [0.29, 0.717) is 5.92 Å². The third-order valence-electron chi connectivity index (χ3n) is 3.14. The molecule has 1 aromatic carbocycles. The van der Waals surface area contributed by atoms with Crippen LogP contribution in [0.2, 0.25) is 0 Å². The zero-order valence-corrected chi connectivity index (χ0v) is 9.72. The van der Waals surface area contributed by atoms with E-state index in [4.69, 9.17) is 4.74 Å². The molecule has 0 bridgehead atoms. The third kappa shape index (κ3) is 3.14. The van der Waals surface area contributed by atoms with Gasteiger partial charge in [0.15, 0.2) is 0 Å². The van der Waals surface area contributed by atoms with E-state index in [1.807, 2.05) is 6.07 Å². The fourth-order valence-corrected chi connectivity index (χ4v) is 2.02. The summed E-state index contributed by atoms with van der Waals surface area (Å²) in [7, 11) is 2.16. The molecule has 0 amide bonds. The van der Waals surface area contributed by atoms with Crippen LogP contribution < -0.4 is 4.74 Å². The molecule has 0 unspecified atom stereocenters. The second-order valence-corrected chi connectivity index (χ2v) is 4.56. The highest BCUT2D eigenvalue weighted by molar-refractivity contribution is 5.31. The predicted octanol–water partition coefficient (Wildman–Crippen LogP) is 2.11. The lowest BCUT2D eigenvalue weighted by Gasteiger charge is -2.28. The van der Waals surface area contributed by atoms with Crippen molar-refractivity contribution in [2.75, 3.05) is 26.7 Å². The van der Waals surface area contributed by atoms with Gasteiger partial charge < -0.3 is 14.7 Å². The molecule has 0 radical (unpaired) electrons. The molecular weight excluding hydrogens is 202 g/mol. The topological polar surface area (TPSA) is 32.7 Å². The molecule has 3 nitrogen and oxygen atoms in total. The van der Waals surface area contributed by atoms with Gasteiger partial charge in [-0.2, -0.15) is 0 Å². The first-order valence-corrected chi connectivity index (χ1v) is 5.84. The Morgan fingerprint density at radius 1 is 1.38 bits per heavy atom. The molecule has 1 aliphatic rings. The summed E-state index contributed by atoms with van der Waals surface area (Å²) in [6, 6.07) is 7.01. The van der Waals surface area contributed by atoms with Crippen molar-refractivity contribution in [1.29, 1.82) is 0 Å². The van der Waals surface area contributed by atoms with Gasteiger partial charge >= 0.3 is 0 Å². The van der Waals surface area contributed by atoms with Crippen molar-refractivity contribution in [2.45, 2.75) is 12.8 Å². The summed E-state index contributed by atoms with van der Waals surface area (Å²) >= 11 is 0. The van der Waals surface area contributed by atoms with E-state index in [1.165, 1.54) is 12.8 Å². The lowest BCUT2D eigenvalue weighted by Crippen LogP contribution is -2.32. The number of ether oxygens (including phenoxy) is 1. The summed E-state index contributed by atoms with van der Waals surface area (Å²) in [5.41, 5.74) is 0. The fraction of sp³-hybridized carbons (Fsp3) is 0.538. The maximum atomic E-state index is 9.30. The first-order valence-electron chi connectivity index (χ1n) is 5.84. The maximum Gasteiger partial charge on any atom is 0.122 e. The standard InChI is InChI=1S/C13H19NO2/c1-14-7-5-11(6-8-14)10-16-13-4-2-3-12(15)9-13/h2-4,9,11,15H,5-8,10H2,1H3. The van der Waals surface area contributed by atoms with Crippen LogP contribution in [-0.2, 0) is 0 Å². The SMILES string of the molecule is CN1CCC(COc2cccc(O)c2)CC1. The van der Waals surface area contributed by atoms with Gasteiger partial charge in [-0.1, -0.05) is 6.07 Å². The van der Waals surface area contributed by atoms with Gasteiger partial charge in [0.2, 0.25) is 0 Å². The molecule has 0 aliphatic carbocycles. The highest BCUT2D eigenvalue weighted by Crippen LogP contribution is 2.21. The molecule has 1 aromatic rings. The van der Waals surface area contributed by atoms with Gasteiger partial charge in [0.05, 0.1) is 6.61 Å². The average Bonchev–Trinajstić information content (AvgIpc) is 2.28. The number of nitrogens with zero attached hydrogens (tertiary/aromatic N) is 1. The highest BCUT2D eigenvalue weighted by atomic mass is 16.5. The Morgan fingerprint density at radius 2 is 2.12 bits per heavy atom. The monoisotopic (exact) mass is 221 g/mol. The summed E-state index contributed by atoms with van der Waals surface area (Å²) in [4.78, 5) is 2.35. The summed E-state index contributed by atoms with van der Waals surface area (Å²) < 4.78 is 5.68. The first kappa shape index (κ1) is 11.3. The number of phenols is 1. The summed E-state index contributed by atoms with van der Waals surface area (Å²) in [5.74, 6) is 1.68. The van der Waals surface area contributed by atoms with Gasteiger partial charge in [0.1, 0.15) is 11.5 Å². The quantitative estimate of drug-likeness (QED) is 0.848. The minimum absolute atomic E-state index is 0.265. The Labute approximate surface area is 96.6 Å². The number of benzene rings is 1. The van der Waals surface area contributed by atoms with Crippen LogP contribution >= 0.6 is 0 Å². The largest absolute Gasteiger partial charge is 0.508 e. The van der Waals surface area contributed by atoms with Crippen molar-refractivity contribution in [3.63, 3.8) is 0 Å². The van der Waals surface area contributed by atoms with E-state index >= 15 is 0 Å². The molecule has 1 N–H and O–H groups in total. The van der Waals surface area contributed by atoms with Gasteiger partial charge in [-0.05, 0) is 51.0 Å². The number of hydrogen-bond donors (Lipinski definition) is 1. The van der Waals surface area contributed by atoms with Crippen LogP contribution in [-0.4, -0.2) is 36.8 Å². The number of hydrogen-bond acceptors (Lipinski definition) is 3. The second-order valence-electron chi connectivity index (χ2n) is 4.56. The lowest BCUT2D eigenvalue weighted by molar-refractivity contribution is 0.160.